The van der Waals surface area contributed by atoms with Crippen LogP contribution in [-0.2, 0) is 0 Å². The predicted octanol–water partition coefficient (Wildman–Crippen LogP) is 2.98. The van der Waals surface area contributed by atoms with Crippen LogP contribution >= 0.6 is 0 Å². The maximum Gasteiger partial charge on any atom is 0.0340 e. The Labute approximate surface area is 108 Å². The Morgan fingerprint density at radius 1 is 0.889 bits per heavy atom. The van der Waals surface area contributed by atoms with Gasteiger partial charge in [-0.15, -0.1) is 0 Å². The van der Waals surface area contributed by atoms with E-state index in [4.69, 9.17) is 0 Å². The lowest BCUT2D eigenvalue weighted by Gasteiger charge is -2.27. The first-order valence-corrected chi connectivity index (χ1v) is 6.52. The maximum absolute atomic E-state index is 3.49. The average molecular weight is 238 g/mol. The van der Waals surface area contributed by atoms with Crippen LogP contribution < -0.4 is 10.6 Å². The largest absolute Gasteiger partial charge is 0.385 e. The van der Waals surface area contributed by atoms with Crippen molar-refractivity contribution in [3.05, 3.63) is 54.6 Å². The van der Waals surface area contributed by atoms with Gasteiger partial charge in [-0.1, -0.05) is 42.5 Å². The smallest absolute Gasteiger partial charge is 0.0340 e. The van der Waals surface area contributed by atoms with Gasteiger partial charge in [0.2, 0.25) is 0 Å². The third-order valence-corrected chi connectivity index (χ3v) is 3.45. The van der Waals surface area contributed by atoms with E-state index in [9.17, 15) is 0 Å². The minimum Gasteiger partial charge on any atom is -0.385 e. The minimum atomic E-state index is 0.791. The maximum atomic E-state index is 3.49. The summed E-state index contributed by atoms with van der Waals surface area (Å²) in [6.45, 7) is 3.36. The van der Waals surface area contributed by atoms with Crippen LogP contribution in [0.2, 0.25) is 0 Å². The topological polar surface area (TPSA) is 24.1 Å². The summed E-state index contributed by atoms with van der Waals surface area (Å²) in [5, 5.41) is 6.77. The van der Waals surface area contributed by atoms with Gasteiger partial charge < -0.3 is 10.6 Å². The molecule has 0 amide bonds. The molecule has 1 aliphatic rings. The van der Waals surface area contributed by atoms with Crippen LogP contribution in [0.25, 0.3) is 11.1 Å². The van der Waals surface area contributed by atoms with Crippen molar-refractivity contribution in [1.82, 2.24) is 5.32 Å². The zero-order chi connectivity index (χ0) is 12.2. The predicted molar refractivity (Wildman–Crippen MR) is 76.7 cm³/mol. The van der Waals surface area contributed by atoms with Crippen molar-refractivity contribution in [1.29, 1.82) is 0 Å². The minimum absolute atomic E-state index is 0.791. The molecule has 2 aromatic carbocycles. The van der Waals surface area contributed by atoms with E-state index in [0.29, 0.717) is 0 Å². The molecule has 1 heterocycles. The van der Waals surface area contributed by atoms with Gasteiger partial charge in [0.1, 0.15) is 0 Å². The third-order valence-electron chi connectivity index (χ3n) is 3.45. The fourth-order valence-electron chi connectivity index (χ4n) is 2.17. The van der Waals surface area contributed by atoms with Crippen LogP contribution in [0, 0.1) is 5.92 Å². The molecule has 0 aromatic heterocycles. The first-order valence-electron chi connectivity index (χ1n) is 6.52. The highest BCUT2D eigenvalue weighted by Gasteiger charge is 2.15. The van der Waals surface area contributed by atoms with E-state index in [1.54, 1.807) is 0 Å². The Morgan fingerprint density at radius 3 is 2.17 bits per heavy atom. The molecule has 2 nitrogen and oxygen atoms in total. The van der Waals surface area contributed by atoms with E-state index in [1.807, 2.05) is 6.07 Å². The average Bonchev–Trinajstić information content (AvgIpc) is 2.39. The molecule has 0 radical (unpaired) electrons. The second kappa shape index (κ2) is 5.23. The van der Waals surface area contributed by atoms with Crippen molar-refractivity contribution in [2.75, 3.05) is 25.0 Å². The van der Waals surface area contributed by atoms with Gasteiger partial charge in [0.15, 0.2) is 0 Å². The molecule has 92 valence electrons. The van der Waals surface area contributed by atoms with Crippen LogP contribution in [0.4, 0.5) is 5.69 Å². The van der Waals surface area contributed by atoms with Crippen molar-refractivity contribution in [3.63, 3.8) is 0 Å². The summed E-state index contributed by atoms with van der Waals surface area (Å²) in [6.07, 6.45) is 0. The highest BCUT2D eigenvalue weighted by Crippen LogP contribution is 2.21. The summed E-state index contributed by atoms with van der Waals surface area (Å²) in [7, 11) is 0. The molecule has 1 saturated heterocycles. The molecule has 0 atom stereocenters. The van der Waals surface area contributed by atoms with Crippen molar-refractivity contribution < 1.29 is 0 Å². The van der Waals surface area contributed by atoms with Crippen molar-refractivity contribution in [3.8, 4) is 11.1 Å². The molecule has 0 bridgehead atoms. The summed E-state index contributed by atoms with van der Waals surface area (Å²) < 4.78 is 0. The van der Waals surface area contributed by atoms with Gasteiger partial charge >= 0.3 is 0 Å². The summed E-state index contributed by atoms with van der Waals surface area (Å²) in [6, 6.07) is 19.2. The lowest BCUT2D eigenvalue weighted by Crippen LogP contribution is -2.45. The Hall–Kier alpha value is -1.80. The number of anilines is 1. The zero-order valence-corrected chi connectivity index (χ0v) is 10.4. The quantitative estimate of drug-likeness (QED) is 0.855. The van der Waals surface area contributed by atoms with E-state index >= 15 is 0 Å². The summed E-state index contributed by atoms with van der Waals surface area (Å²) in [4.78, 5) is 0. The Balaban J connectivity index is 1.65. The second-order valence-corrected chi connectivity index (χ2v) is 4.85. The zero-order valence-electron chi connectivity index (χ0n) is 10.4. The van der Waals surface area contributed by atoms with Crippen LogP contribution in [0.3, 0.4) is 0 Å². The summed E-state index contributed by atoms with van der Waals surface area (Å²) in [5.41, 5.74) is 3.75. The van der Waals surface area contributed by atoms with Crippen LogP contribution in [-0.4, -0.2) is 19.6 Å². The van der Waals surface area contributed by atoms with E-state index in [1.165, 1.54) is 16.8 Å². The number of rotatable bonds is 4. The normalized spacial score (nSPS) is 15.1. The first kappa shape index (κ1) is 11.3. The molecule has 0 saturated carbocycles. The number of hydrogen-bond acceptors (Lipinski definition) is 2. The molecule has 3 rings (SSSR count). The van der Waals surface area contributed by atoms with Crippen LogP contribution in [0.1, 0.15) is 0 Å². The molecule has 0 aliphatic carbocycles. The van der Waals surface area contributed by atoms with E-state index in [-0.39, 0.29) is 0 Å². The number of hydrogen-bond donors (Lipinski definition) is 2. The molecule has 18 heavy (non-hydrogen) atoms. The van der Waals surface area contributed by atoms with Crippen LogP contribution in [0.15, 0.2) is 54.6 Å². The van der Waals surface area contributed by atoms with Gasteiger partial charge in [-0.2, -0.15) is 0 Å². The Morgan fingerprint density at radius 2 is 1.56 bits per heavy atom. The summed E-state index contributed by atoms with van der Waals surface area (Å²) in [5.74, 6) is 0.791. The molecule has 1 aliphatic heterocycles. The van der Waals surface area contributed by atoms with E-state index in [0.717, 1.165) is 25.6 Å². The highest BCUT2D eigenvalue weighted by atomic mass is 15.0. The van der Waals surface area contributed by atoms with E-state index in [2.05, 4.69) is 59.2 Å². The SMILES string of the molecule is c1ccc(-c2ccc(NCC3CNC3)cc2)cc1. The van der Waals surface area contributed by atoms with Gasteiger partial charge in [0.05, 0.1) is 0 Å². The van der Waals surface area contributed by atoms with Crippen molar-refractivity contribution in [2.45, 2.75) is 0 Å². The lowest BCUT2D eigenvalue weighted by molar-refractivity contribution is 0.365. The van der Waals surface area contributed by atoms with Crippen molar-refractivity contribution >= 4 is 5.69 Å². The Bertz CT molecular complexity index is 486. The Kier molecular flexibility index (Phi) is 3.29. The molecule has 0 unspecified atom stereocenters. The molecule has 2 aromatic rings. The molecular formula is C16H18N2. The van der Waals surface area contributed by atoms with Crippen molar-refractivity contribution in [2.24, 2.45) is 5.92 Å². The first-order chi connectivity index (χ1) is 8.92. The lowest BCUT2D eigenvalue weighted by atomic mass is 10.0. The fourth-order valence-corrected chi connectivity index (χ4v) is 2.17. The van der Waals surface area contributed by atoms with Gasteiger partial charge in [-0.3, -0.25) is 0 Å². The fraction of sp³-hybridized carbons (Fsp3) is 0.250. The van der Waals surface area contributed by atoms with Gasteiger partial charge in [0, 0.05) is 31.2 Å². The van der Waals surface area contributed by atoms with E-state index < -0.39 is 0 Å². The van der Waals surface area contributed by atoms with Crippen LogP contribution in [0.5, 0.6) is 0 Å². The highest BCUT2D eigenvalue weighted by molar-refractivity contribution is 5.65. The summed E-state index contributed by atoms with van der Waals surface area (Å²) >= 11 is 0. The third kappa shape index (κ3) is 2.54. The monoisotopic (exact) mass is 238 g/mol. The van der Waals surface area contributed by atoms with Gasteiger partial charge in [0.25, 0.3) is 0 Å². The van der Waals surface area contributed by atoms with Gasteiger partial charge in [-0.25, -0.2) is 0 Å². The molecule has 0 spiro atoms. The number of benzene rings is 2. The molecular weight excluding hydrogens is 220 g/mol. The molecule has 1 fully saturated rings. The standard InChI is InChI=1S/C16H18N2/c1-2-4-14(5-3-1)15-6-8-16(9-7-15)18-12-13-10-17-11-13/h1-9,13,17-18H,10-12H2. The second-order valence-electron chi connectivity index (χ2n) is 4.85. The molecule has 2 N–H and O–H groups in total. The molecule has 2 heteroatoms. The van der Waals surface area contributed by atoms with Gasteiger partial charge in [-0.05, 0) is 23.3 Å². The number of nitrogens with one attached hydrogen (secondary N) is 2.